The van der Waals surface area contributed by atoms with E-state index < -0.39 is 41.4 Å². The van der Waals surface area contributed by atoms with Gasteiger partial charge in [0.15, 0.2) is 11.6 Å². The van der Waals surface area contributed by atoms with Gasteiger partial charge in [-0.3, -0.25) is 19.6 Å². The number of tetrazole rings is 1. The molecular formula is C79H96F2N10O8Sn. The molecule has 1 N–H and O–H groups in total. The normalized spacial score (nSPS) is 18.7. The van der Waals surface area contributed by atoms with Crippen LogP contribution in [0.4, 0.5) is 8.78 Å². The molecule has 4 aromatic carbocycles. The Morgan fingerprint density at radius 2 is 1.09 bits per heavy atom. The molecule has 528 valence electrons. The number of nitrogens with one attached hydrogen (secondary N) is 1. The molecule has 18 nitrogen and oxygen atoms in total. The number of aromatic amines is 1. The van der Waals surface area contributed by atoms with Gasteiger partial charge in [0.2, 0.25) is 5.82 Å². The number of carbonyl (C=O) groups excluding carboxylic acids is 2. The zero-order chi connectivity index (χ0) is 72.6. The topological polar surface area (TPSA) is 242 Å². The van der Waals surface area contributed by atoms with Crippen LogP contribution in [0, 0.1) is 23.0 Å². The van der Waals surface area contributed by atoms with Crippen LogP contribution in [-0.4, -0.2) is 108 Å². The number of hydrogen-bond donors (Lipinski definition) is 1. The van der Waals surface area contributed by atoms with Crippen molar-refractivity contribution in [2.24, 2.45) is 3.34 Å². The van der Waals surface area contributed by atoms with E-state index >= 15 is 0 Å². The van der Waals surface area contributed by atoms with Gasteiger partial charge in [-0.2, -0.15) is 10.5 Å². The summed E-state index contributed by atoms with van der Waals surface area (Å²) in [6.07, 6.45) is 12.7. The Balaban J connectivity index is 0.000000213. The van der Waals surface area contributed by atoms with Crippen molar-refractivity contribution >= 4 is 42.7 Å². The molecular weight excluding hydrogens is 1370 g/mol. The van der Waals surface area contributed by atoms with Crippen LogP contribution in [0.25, 0.3) is 56.2 Å². The minimum absolute atomic E-state index is 0.122. The fourth-order valence-corrected chi connectivity index (χ4v) is 14.0. The molecule has 7 aromatic rings. The first kappa shape index (κ1) is 76.2. The van der Waals surface area contributed by atoms with E-state index in [1.54, 1.807) is 0 Å². The minimum atomic E-state index is -2.07. The summed E-state index contributed by atoms with van der Waals surface area (Å²) in [6.45, 7) is 27.1. The number of H-pyrrole nitrogens is 1. The Labute approximate surface area is 591 Å². The molecule has 2 fully saturated rings. The molecule has 0 saturated carbocycles. The van der Waals surface area contributed by atoms with Crippen LogP contribution in [0.1, 0.15) is 207 Å². The van der Waals surface area contributed by atoms with Gasteiger partial charge in [0, 0.05) is 53.8 Å². The maximum atomic E-state index is 14.3. The van der Waals surface area contributed by atoms with Crippen molar-refractivity contribution in [2.75, 3.05) is 0 Å². The number of rotatable bonds is 14. The van der Waals surface area contributed by atoms with Gasteiger partial charge in [-0.05, 0) is 210 Å². The average Bonchev–Trinajstić information content (AvgIpc) is 1.33. The first-order valence-corrected chi connectivity index (χ1v) is 44.4. The number of nitrogens with zero attached hydrogens (tertiary/aromatic N) is 9. The molecule has 11 rings (SSSR count). The number of aryl methyl sites for hydroxylation is 4. The second-order valence-electron chi connectivity index (χ2n) is 30.6. The standard InChI is InChI=1S/C38H44FN5O4.C38H43FN2O4.3CH3.N3.Sn/c1-22(2)35-30(16-15-28-20-29(47-38(6,7)46-28)21-33(45)48-37(3,4)5)34(24-10-13-27(39)14-11-24)31-19-26-18-25(36-41-43-44-42-36)9-8-23(26)12-17-32(31)40-35;1-23(2)36-31(16-15-29-20-30(44-38(6,7)43-29)21-34(42)45-37(3,4)5)35(26-10-13-28(39)14-11-26)32-19-27-18-24(22-40)8-9-25(27)12-17-33(32)41-36;;;;1-3-2;/h8-11,13-16,18,22,28-29H,12,17,19-21H2,1-7H3,(H,41,42,43,44);8-11,13-16,18,23,29-30H,12,17,19-21H2,1-7H3;3*1H3;;/q;;;;;-1;+1/b2*16-15+;;;;;/t28-,29-;29-,30-;;;;;/m11...../s1. The summed E-state index contributed by atoms with van der Waals surface area (Å²) < 4.78 is 68.1. The number of pyridine rings is 2. The molecule has 0 spiro atoms. The molecule has 0 unspecified atom stereocenters. The van der Waals surface area contributed by atoms with Gasteiger partial charge in [0.1, 0.15) is 22.8 Å². The summed E-state index contributed by atoms with van der Waals surface area (Å²) in [4.78, 5) is 44.9. The summed E-state index contributed by atoms with van der Waals surface area (Å²) in [5.74, 6) is -2.19. The number of azide groups is 1. The van der Waals surface area contributed by atoms with E-state index in [1.165, 1.54) is 41.0 Å². The average molecular weight is 1470 g/mol. The molecule has 2 aliphatic carbocycles. The third-order valence-corrected chi connectivity index (χ3v) is 19.1. The summed E-state index contributed by atoms with van der Waals surface area (Å²) in [5, 5.41) is 24.3. The van der Waals surface area contributed by atoms with Crippen LogP contribution in [-0.2, 0) is 76.5 Å². The second-order valence-corrected chi connectivity index (χ2v) is 43.6. The van der Waals surface area contributed by atoms with Crippen LogP contribution in [0.15, 0.2) is 100 Å². The van der Waals surface area contributed by atoms with Crippen molar-refractivity contribution in [1.29, 1.82) is 5.26 Å². The van der Waals surface area contributed by atoms with Crippen LogP contribution in [0.3, 0.4) is 0 Å². The van der Waals surface area contributed by atoms with Crippen molar-refractivity contribution in [2.45, 2.75) is 235 Å². The molecule has 2 aliphatic heterocycles. The number of hydrogen-bond acceptors (Lipinski definition) is 15. The van der Waals surface area contributed by atoms with E-state index in [-0.39, 0.29) is 72.7 Å². The molecule has 0 bridgehead atoms. The molecule has 0 radical (unpaired) electrons. The first-order valence-electron chi connectivity index (χ1n) is 34.6. The summed E-state index contributed by atoms with van der Waals surface area (Å²) >= 11 is -2.07. The fraction of sp³-hybridized carbons (Fsp3) is 0.468. The van der Waals surface area contributed by atoms with Gasteiger partial charge >= 0.3 is 59.2 Å². The Bertz CT molecular complexity index is 4230. The summed E-state index contributed by atoms with van der Waals surface area (Å²) in [7, 11) is 0. The Morgan fingerprint density at radius 1 is 0.660 bits per heavy atom. The van der Waals surface area contributed by atoms with Gasteiger partial charge < -0.3 is 28.4 Å². The van der Waals surface area contributed by atoms with E-state index in [1.807, 2.05) is 124 Å². The third kappa shape index (κ3) is 20.8. The van der Waals surface area contributed by atoms with Gasteiger partial charge in [-0.1, -0.05) is 94.5 Å². The summed E-state index contributed by atoms with van der Waals surface area (Å²) in [6, 6.07) is 27.9. The van der Waals surface area contributed by atoms with Crippen LogP contribution < -0.4 is 0 Å². The predicted molar refractivity (Wildman–Crippen MR) is 387 cm³/mol. The maximum absolute atomic E-state index is 14.3. The third-order valence-electron chi connectivity index (χ3n) is 17.1. The fourth-order valence-electron chi connectivity index (χ4n) is 13.2. The number of nitriles is 1. The van der Waals surface area contributed by atoms with Gasteiger partial charge in [-0.15, -0.1) is 10.2 Å². The monoisotopic (exact) mass is 1470 g/mol. The molecule has 0 amide bonds. The Morgan fingerprint density at radius 3 is 1.47 bits per heavy atom. The van der Waals surface area contributed by atoms with Crippen molar-refractivity contribution in [1.82, 2.24) is 30.6 Å². The molecule has 3 aromatic heterocycles. The van der Waals surface area contributed by atoms with E-state index in [2.05, 4.69) is 108 Å². The molecule has 4 atom stereocenters. The zero-order valence-corrected chi connectivity index (χ0v) is 63.8. The number of ether oxygens (including phenoxy) is 6. The second kappa shape index (κ2) is 31.9. The van der Waals surface area contributed by atoms with E-state index in [0.29, 0.717) is 37.1 Å². The number of benzene rings is 4. The number of halogens is 2. The van der Waals surface area contributed by atoms with Crippen LogP contribution >= 0.6 is 0 Å². The molecule has 100 heavy (non-hydrogen) atoms. The predicted octanol–water partition coefficient (Wildman–Crippen LogP) is 17.9. The van der Waals surface area contributed by atoms with Crippen molar-refractivity contribution < 1.29 is 46.8 Å². The summed E-state index contributed by atoms with van der Waals surface area (Å²) in [5.41, 5.74) is 25.1. The van der Waals surface area contributed by atoms with E-state index in [4.69, 9.17) is 43.9 Å². The molecule has 4 aliphatic rings. The molecule has 2 saturated heterocycles. The van der Waals surface area contributed by atoms with Gasteiger partial charge in [0.25, 0.3) is 0 Å². The van der Waals surface area contributed by atoms with Crippen LogP contribution in [0.2, 0.25) is 14.8 Å². The van der Waals surface area contributed by atoms with Crippen LogP contribution in [0.5, 0.6) is 0 Å². The SMILES string of the molecule is CC(C)c1nc2c(c(-c3ccc(F)cc3)c1/C=C/[C@@H]1C[C@H](CC(=O)OC(C)(C)C)OC(C)(C)O1)Cc1cc(-c3nn[nH]n3)ccc1CC2.CC(C)c1nc2c(c(-c3ccc(F)cc3)c1/C=C/[C@@H]1C[C@H](CC(=O)OC(C)(C)C)OC(C)(C)O1)Cc1cc(C#N)ccc1CC2.[CH3][Sn]([CH3])([CH3])[N]=[N+]=[N-]. The molecule has 21 heteroatoms. The number of fused-ring (bicyclic) bond motifs is 4. The number of aromatic nitrogens is 6. The van der Waals surface area contributed by atoms with Crippen molar-refractivity contribution in [3.63, 3.8) is 0 Å². The van der Waals surface area contributed by atoms with E-state index in [9.17, 15) is 23.6 Å². The van der Waals surface area contributed by atoms with Gasteiger partial charge in [0.05, 0.1) is 60.3 Å². The van der Waals surface area contributed by atoms with Crippen molar-refractivity contribution in [3.05, 3.63) is 192 Å². The van der Waals surface area contributed by atoms with Crippen molar-refractivity contribution in [3.8, 4) is 39.7 Å². The Hall–Kier alpha value is -8.03. The van der Waals surface area contributed by atoms with E-state index in [0.717, 1.165) is 104 Å². The first-order chi connectivity index (χ1) is 47.0. The zero-order valence-electron chi connectivity index (χ0n) is 61.0. The van der Waals surface area contributed by atoms with Gasteiger partial charge in [-0.25, -0.2) is 8.78 Å². The number of carbonyl (C=O) groups is 2. The molecule has 5 heterocycles. The Kier molecular flexibility index (Phi) is 24.3. The quantitative estimate of drug-likeness (QED) is 0.0350. The number of esters is 2.